The average molecular weight is 408 g/mol. The molecule has 28 heavy (non-hydrogen) atoms. The lowest BCUT2D eigenvalue weighted by Gasteiger charge is -2.22. The van der Waals surface area contributed by atoms with E-state index >= 15 is 0 Å². The summed E-state index contributed by atoms with van der Waals surface area (Å²) in [6.45, 7) is 8.71. The molecule has 0 atom stereocenters. The number of benzene rings is 1. The molecule has 0 aliphatic rings. The molecule has 1 aromatic heterocycles. The fraction of sp³-hybridized carbons (Fsp3) is 0.444. The number of nitro benzene ring substituents is 1. The van der Waals surface area contributed by atoms with Crippen LogP contribution in [0.1, 0.15) is 48.1 Å². The lowest BCUT2D eigenvalue weighted by atomic mass is 9.85. The Labute approximate surface area is 164 Å². The van der Waals surface area contributed by atoms with Gasteiger partial charge < -0.3 is 0 Å². The molecule has 0 bridgehead atoms. The van der Waals surface area contributed by atoms with Crippen LogP contribution >= 0.6 is 0 Å². The third-order valence-electron chi connectivity index (χ3n) is 4.44. The molecule has 0 N–H and O–H groups in total. The van der Waals surface area contributed by atoms with Crippen molar-refractivity contribution in [3.05, 3.63) is 50.8 Å². The summed E-state index contributed by atoms with van der Waals surface area (Å²) in [5.41, 5.74) is 0.610. The van der Waals surface area contributed by atoms with Gasteiger partial charge >= 0.3 is 0 Å². The minimum Gasteiger partial charge on any atom is -0.270 e. The fourth-order valence-corrected chi connectivity index (χ4v) is 4.04. The number of anilines is 1. The highest BCUT2D eigenvalue weighted by atomic mass is 32.2. The number of nitro groups is 1. The van der Waals surface area contributed by atoms with E-state index in [0.717, 1.165) is 12.3 Å². The van der Waals surface area contributed by atoms with E-state index in [1.807, 2.05) is 20.8 Å². The summed E-state index contributed by atoms with van der Waals surface area (Å²) in [6, 6.07) is 4.03. The number of hydrogen-bond acceptors (Lipinski definition) is 6. The van der Waals surface area contributed by atoms with Crippen LogP contribution in [0.25, 0.3) is 0 Å². The van der Waals surface area contributed by atoms with Crippen LogP contribution in [0.15, 0.2) is 18.2 Å². The predicted octanol–water partition coefficient (Wildman–Crippen LogP) is 2.85. The lowest BCUT2D eigenvalue weighted by molar-refractivity contribution is -0.386. The van der Waals surface area contributed by atoms with Gasteiger partial charge in [0.2, 0.25) is 10.0 Å². The first kappa shape index (κ1) is 21.5. The Balaban J connectivity index is 2.70. The van der Waals surface area contributed by atoms with Crippen molar-refractivity contribution in [2.24, 2.45) is 7.05 Å². The first-order valence-electron chi connectivity index (χ1n) is 8.50. The smallest absolute Gasteiger partial charge is 0.270 e. The number of carbonyl (C=O) groups is 1. The van der Waals surface area contributed by atoms with Crippen molar-refractivity contribution in [1.29, 1.82) is 0 Å². The quantitative estimate of drug-likeness (QED) is 0.567. The molecule has 1 amide bonds. The number of sulfonamides is 1. The maximum absolute atomic E-state index is 13.1. The molecule has 10 heteroatoms. The van der Waals surface area contributed by atoms with Crippen molar-refractivity contribution in [2.75, 3.05) is 10.6 Å². The van der Waals surface area contributed by atoms with Crippen molar-refractivity contribution in [3.8, 4) is 0 Å². The highest BCUT2D eigenvalue weighted by Crippen LogP contribution is 2.33. The first-order valence-corrected chi connectivity index (χ1v) is 10.3. The summed E-state index contributed by atoms with van der Waals surface area (Å²) < 4.78 is 27.0. The molecule has 0 radical (unpaired) electrons. The molecule has 1 heterocycles. The van der Waals surface area contributed by atoms with Crippen LogP contribution in [-0.2, 0) is 22.5 Å². The number of hydrogen-bond donors (Lipinski definition) is 0. The second-order valence-corrected chi connectivity index (χ2v) is 9.55. The average Bonchev–Trinajstić information content (AvgIpc) is 2.78. The molecule has 0 spiro atoms. The minimum atomic E-state index is -4.01. The number of nitrogens with zero attached hydrogens (tertiary/aromatic N) is 4. The second-order valence-electron chi connectivity index (χ2n) is 7.71. The molecule has 1 aromatic carbocycles. The highest BCUT2D eigenvalue weighted by molar-refractivity contribution is 7.92. The Hall–Kier alpha value is -2.75. The molecule has 2 rings (SSSR count). The van der Waals surface area contributed by atoms with Gasteiger partial charge in [0.15, 0.2) is 0 Å². The van der Waals surface area contributed by atoms with Crippen LogP contribution in [0.2, 0.25) is 0 Å². The van der Waals surface area contributed by atoms with Gasteiger partial charge in [-0.1, -0.05) is 26.8 Å². The van der Waals surface area contributed by atoms with Gasteiger partial charge in [0.1, 0.15) is 5.69 Å². The summed E-state index contributed by atoms with van der Waals surface area (Å²) >= 11 is 0. The van der Waals surface area contributed by atoms with E-state index in [1.54, 1.807) is 20.9 Å². The van der Waals surface area contributed by atoms with Gasteiger partial charge in [-0.3, -0.25) is 19.6 Å². The van der Waals surface area contributed by atoms with Crippen LogP contribution in [0.3, 0.4) is 0 Å². The van der Waals surface area contributed by atoms with Crippen LogP contribution < -0.4 is 4.31 Å². The van der Waals surface area contributed by atoms with E-state index in [9.17, 15) is 23.3 Å². The van der Waals surface area contributed by atoms with Gasteiger partial charge in [0, 0.05) is 24.2 Å². The zero-order chi connectivity index (χ0) is 21.6. The third kappa shape index (κ3) is 3.91. The molecule has 9 nitrogen and oxygen atoms in total. The highest BCUT2D eigenvalue weighted by Gasteiger charge is 2.33. The summed E-state index contributed by atoms with van der Waals surface area (Å²) in [7, 11) is -2.37. The van der Waals surface area contributed by atoms with E-state index < -0.39 is 26.3 Å². The predicted molar refractivity (Wildman–Crippen MR) is 106 cm³/mol. The molecule has 0 aliphatic heterocycles. The molecular formula is C18H24N4O5S. The SMILES string of the molecule is Cc1nn(C)c(C)c1N(C(=O)c1ccc(C(C)(C)C)c([N+](=O)[O-])c1)S(C)(=O)=O. The van der Waals surface area contributed by atoms with Gasteiger partial charge in [-0.2, -0.15) is 9.40 Å². The largest absolute Gasteiger partial charge is 0.273 e. The second kappa shape index (κ2) is 7.01. The van der Waals surface area contributed by atoms with Gasteiger partial charge in [-0.05, 0) is 25.3 Å². The van der Waals surface area contributed by atoms with Crippen LogP contribution in [-0.4, -0.2) is 35.3 Å². The Morgan fingerprint density at radius 2 is 1.82 bits per heavy atom. The van der Waals surface area contributed by atoms with Crippen LogP contribution in [0, 0.1) is 24.0 Å². The number of amides is 1. The molecular weight excluding hydrogens is 384 g/mol. The van der Waals surface area contributed by atoms with Gasteiger partial charge in [-0.25, -0.2) is 8.42 Å². The van der Waals surface area contributed by atoms with Crippen LogP contribution in [0.4, 0.5) is 11.4 Å². The molecule has 2 aromatic rings. The zero-order valence-electron chi connectivity index (χ0n) is 17.0. The standard InChI is InChI=1S/C18H24N4O5S/c1-11-16(12(2)20(6)19-11)21(28(7,26)27)17(23)13-8-9-14(18(3,4)5)15(10-13)22(24)25/h8-10H,1-7H3. The summed E-state index contributed by atoms with van der Waals surface area (Å²) in [5.74, 6) is -0.870. The Bertz CT molecular complexity index is 1060. The first-order chi connectivity index (χ1) is 12.7. The molecule has 0 aliphatic carbocycles. The Morgan fingerprint density at radius 1 is 1.25 bits per heavy atom. The maximum Gasteiger partial charge on any atom is 0.273 e. The normalized spacial score (nSPS) is 12.1. The number of aromatic nitrogens is 2. The van der Waals surface area contributed by atoms with Crippen molar-refractivity contribution >= 4 is 27.3 Å². The van der Waals surface area contributed by atoms with Crippen molar-refractivity contribution in [1.82, 2.24) is 9.78 Å². The molecule has 0 unspecified atom stereocenters. The van der Waals surface area contributed by atoms with Gasteiger partial charge in [-0.15, -0.1) is 0 Å². The van der Waals surface area contributed by atoms with E-state index in [2.05, 4.69) is 5.10 Å². The van der Waals surface area contributed by atoms with Crippen molar-refractivity contribution in [3.63, 3.8) is 0 Å². The van der Waals surface area contributed by atoms with Gasteiger partial charge in [0.25, 0.3) is 11.6 Å². The fourth-order valence-electron chi connectivity index (χ4n) is 3.04. The Morgan fingerprint density at radius 3 is 2.21 bits per heavy atom. The van der Waals surface area contributed by atoms with E-state index in [0.29, 0.717) is 21.3 Å². The van der Waals surface area contributed by atoms with Crippen molar-refractivity contribution < 1.29 is 18.1 Å². The van der Waals surface area contributed by atoms with Crippen molar-refractivity contribution in [2.45, 2.75) is 40.0 Å². The lowest BCUT2D eigenvalue weighted by Crippen LogP contribution is -2.37. The monoisotopic (exact) mass is 408 g/mol. The summed E-state index contributed by atoms with van der Waals surface area (Å²) in [5, 5.41) is 15.7. The Kier molecular flexibility index (Phi) is 5.39. The maximum atomic E-state index is 13.1. The zero-order valence-corrected chi connectivity index (χ0v) is 17.8. The minimum absolute atomic E-state index is 0.0900. The van der Waals surface area contributed by atoms with Crippen LogP contribution in [0.5, 0.6) is 0 Å². The molecule has 152 valence electrons. The number of aryl methyl sites for hydroxylation is 2. The molecule has 0 fully saturated rings. The topological polar surface area (TPSA) is 115 Å². The van der Waals surface area contributed by atoms with E-state index in [-0.39, 0.29) is 16.9 Å². The van der Waals surface area contributed by atoms with Gasteiger partial charge in [0.05, 0.1) is 22.6 Å². The molecule has 0 saturated heterocycles. The number of rotatable bonds is 4. The summed E-state index contributed by atoms with van der Waals surface area (Å²) in [6.07, 6.45) is 0.911. The number of carbonyl (C=O) groups excluding carboxylic acids is 1. The third-order valence-corrected chi connectivity index (χ3v) is 5.45. The molecule has 0 saturated carbocycles. The summed E-state index contributed by atoms with van der Waals surface area (Å²) in [4.78, 5) is 24.1. The van der Waals surface area contributed by atoms with E-state index in [4.69, 9.17) is 0 Å². The van der Waals surface area contributed by atoms with E-state index in [1.165, 1.54) is 16.8 Å².